The van der Waals surface area contributed by atoms with Crippen LogP contribution in [-0.2, 0) is 16.0 Å². The van der Waals surface area contributed by atoms with Gasteiger partial charge in [-0.15, -0.1) is 0 Å². The molecule has 1 aliphatic rings. The highest BCUT2D eigenvalue weighted by Crippen LogP contribution is 2.36. The van der Waals surface area contributed by atoms with Gasteiger partial charge in [-0.05, 0) is 44.4 Å². The van der Waals surface area contributed by atoms with E-state index in [0.717, 1.165) is 12.8 Å². The molecule has 1 aliphatic carbocycles. The number of hydrogen-bond acceptors (Lipinski definition) is 4. The third-order valence-corrected chi connectivity index (χ3v) is 4.26. The summed E-state index contributed by atoms with van der Waals surface area (Å²) in [4.78, 5) is 23.9. The summed E-state index contributed by atoms with van der Waals surface area (Å²) in [6.45, 7) is 3.71. The molecule has 4 nitrogen and oxygen atoms in total. The molecule has 1 unspecified atom stereocenters. The molecule has 1 saturated carbocycles. The average molecular weight is 325 g/mol. The molecule has 120 valence electrons. The third kappa shape index (κ3) is 4.08. The molecule has 22 heavy (non-hydrogen) atoms. The van der Waals surface area contributed by atoms with Gasteiger partial charge in [0.05, 0.1) is 11.1 Å². The van der Waals surface area contributed by atoms with Crippen molar-refractivity contribution in [1.29, 1.82) is 0 Å². The first-order valence-electron chi connectivity index (χ1n) is 7.44. The minimum atomic E-state index is -0.0997. The summed E-state index contributed by atoms with van der Waals surface area (Å²) in [5, 5.41) is 0.352. The quantitative estimate of drug-likeness (QED) is 0.687. The van der Waals surface area contributed by atoms with Crippen molar-refractivity contribution < 1.29 is 19.1 Å². The van der Waals surface area contributed by atoms with Crippen molar-refractivity contribution >= 4 is 23.2 Å². The largest absolute Gasteiger partial charge is 0.489 e. The number of benzene rings is 1. The first-order chi connectivity index (χ1) is 10.4. The van der Waals surface area contributed by atoms with Gasteiger partial charge >= 0.3 is 0 Å². The third-order valence-electron chi connectivity index (χ3n) is 3.85. The topological polar surface area (TPSA) is 52.6 Å². The summed E-state index contributed by atoms with van der Waals surface area (Å²) in [6.07, 6.45) is 2.00. The van der Waals surface area contributed by atoms with Crippen molar-refractivity contribution in [1.82, 2.24) is 0 Å². The number of ketones is 2. The molecular formula is C17H21ClO4. The minimum absolute atomic E-state index is 0.0694. The fourth-order valence-electron chi connectivity index (χ4n) is 2.21. The van der Waals surface area contributed by atoms with E-state index >= 15 is 0 Å². The maximum Gasteiger partial charge on any atom is 0.160 e. The van der Waals surface area contributed by atoms with E-state index in [1.807, 2.05) is 6.92 Å². The maximum atomic E-state index is 12.1. The summed E-state index contributed by atoms with van der Waals surface area (Å²) < 4.78 is 10.8. The Morgan fingerprint density at radius 2 is 2.05 bits per heavy atom. The second-order valence-corrected chi connectivity index (χ2v) is 6.11. The van der Waals surface area contributed by atoms with Crippen LogP contribution in [0.25, 0.3) is 0 Å². The van der Waals surface area contributed by atoms with Gasteiger partial charge in [0.15, 0.2) is 5.78 Å². The molecule has 0 bridgehead atoms. The van der Waals surface area contributed by atoms with Crippen molar-refractivity contribution in [3.63, 3.8) is 0 Å². The summed E-state index contributed by atoms with van der Waals surface area (Å²) in [6, 6.07) is 3.35. The second-order valence-electron chi connectivity index (χ2n) is 5.73. The lowest BCUT2D eigenvalue weighted by molar-refractivity contribution is -0.119. The van der Waals surface area contributed by atoms with E-state index in [-0.39, 0.29) is 30.0 Å². The summed E-state index contributed by atoms with van der Waals surface area (Å²) in [5.41, 5.74) is 1.07. The number of Topliss-reactive ketones (excluding diaryl/α,β-unsaturated/α-hetero) is 2. The summed E-state index contributed by atoms with van der Waals surface area (Å²) in [7, 11) is 1.61. The van der Waals surface area contributed by atoms with Crippen molar-refractivity contribution in [3.8, 4) is 5.75 Å². The van der Waals surface area contributed by atoms with Crippen molar-refractivity contribution in [3.05, 3.63) is 28.3 Å². The van der Waals surface area contributed by atoms with E-state index in [1.165, 1.54) is 6.92 Å². The Labute approximate surface area is 135 Å². The summed E-state index contributed by atoms with van der Waals surface area (Å²) in [5.74, 6) is 0.659. The maximum absolute atomic E-state index is 12.1. The van der Waals surface area contributed by atoms with Gasteiger partial charge in [0.25, 0.3) is 0 Å². The highest BCUT2D eigenvalue weighted by molar-refractivity contribution is 6.33. The lowest BCUT2D eigenvalue weighted by Crippen LogP contribution is -2.17. The fraction of sp³-hybridized carbons (Fsp3) is 0.529. The Balaban J connectivity index is 2.25. The van der Waals surface area contributed by atoms with Crippen molar-refractivity contribution in [2.24, 2.45) is 5.92 Å². The van der Waals surface area contributed by atoms with Gasteiger partial charge in [-0.2, -0.15) is 0 Å². The molecule has 5 heteroatoms. The molecule has 0 amide bonds. The zero-order chi connectivity index (χ0) is 16.3. The molecule has 1 atom stereocenters. The van der Waals surface area contributed by atoms with Crippen LogP contribution < -0.4 is 4.74 Å². The van der Waals surface area contributed by atoms with Crippen LogP contribution in [-0.4, -0.2) is 31.4 Å². The van der Waals surface area contributed by atoms with Gasteiger partial charge in [-0.25, -0.2) is 0 Å². The number of rotatable bonds is 8. The van der Waals surface area contributed by atoms with Crippen molar-refractivity contribution in [2.45, 2.75) is 39.2 Å². The van der Waals surface area contributed by atoms with Crippen LogP contribution in [0.5, 0.6) is 5.75 Å². The number of carbonyl (C=O) groups excluding carboxylic acids is 2. The Kier molecular flexibility index (Phi) is 5.59. The van der Waals surface area contributed by atoms with Gasteiger partial charge < -0.3 is 9.47 Å². The molecular weight excluding hydrogens is 304 g/mol. The van der Waals surface area contributed by atoms with Gasteiger partial charge in [0.2, 0.25) is 0 Å². The molecule has 1 fully saturated rings. The molecule has 0 radical (unpaired) electrons. The number of ether oxygens (including phenoxy) is 2. The normalized spacial score (nSPS) is 15.5. The number of hydrogen-bond donors (Lipinski definition) is 0. The molecule has 0 N–H and O–H groups in total. The Hall–Kier alpha value is -1.39. The van der Waals surface area contributed by atoms with E-state index < -0.39 is 0 Å². The van der Waals surface area contributed by atoms with Crippen LogP contribution in [0, 0.1) is 5.92 Å². The SMILES string of the molecule is COC(C)COc1ccc(C(C)=O)c(CC(=O)C2CC2)c1Cl. The standard InChI is InChI=1S/C17H21ClO4/c1-10(21-3)9-22-16-7-6-13(11(2)19)14(17(16)18)8-15(20)12-4-5-12/h6-7,10,12H,4-5,8-9H2,1-3H3. The lowest BCUT2D eigenvalue weighted by Gasteiger charge is -2.16. The molecule has 0 aliphatic heterocycles. The molecule has 0 heterocycles. The predicted molar refractivity (Wildman–Crippen MR) is 84.9 cm³/mol. The van der Waals surface area contributed by atoms with Crippen LogP contribution in [0.2, 0.25) is 5.02 Å². The van der Waals surface area contributed by atoms with Gasteiger partial charge in [0, 0.05) is 25.0 Å². The van der Waals surface area contributed by atoms with Gasteiger partial charge in [-0.1, -0.05) is 11.6 Å². The average Bonchev–Trinajstić information content (AvgIpc) is 3.31. The molecule has 0 spiro atoms. The molecule has 0 aromatic heterocycles. The highest BCUT2D eigenvalue weighted by atomic mass is 35.5. The molecule has 1 aromatic rings. The summed E-state index contributed by atoms with van der Waals surface area (Å²) >= 11 is 6.38. The minimum Gasteiger partial charge on any atom is -0.489 e. The van der Waals surface area contributed by atoms with Crippen LogP contribution in [0.3, 0.4) is 0 Å². The monoisotopic (exact) mass is 324 g/mol. The predicted octanol–water partition coefficient (Wildman–Crippen LogP) is 3.48. The number of halogens is 1. The smallest absolute Gasteiger partial charge is 0.160 e. The Morgan fingerprint density at radius 1 is 1.36 bits per heavy atom. The highest BCUT2D eigenvalue weighted by Gasteiger charge is 2.31. The Morgan fingerprint density at radius 3 is 2.59 bits per heavy atom. The van der Waals surface area contributed by atoms with Crippen LogP contribution in [0.15, 0.2) is 12.1 Å². The van der Waals surface area contributed by atoms with Gasteiger partial charge in [-0.3, -0.25) is 9.59 Å². The van der Waals surface area contributed by atoms with E-state index in [2.05, 4.69) is 0 Å². The van der Waals surface area contributed by atoms with Crippen LogP contribution in [0.4, 0.5) is 0 Å². The second kappa shape index (κ2) is 7.25. The Bertz CT molecular complexity index is 578. The van der Waals surface area contributed by atoms with E-state index in [1.54, 1.807) is 19.2 Å². The van der Waals surface area contributed by atoms with E-state index in [9.17, 15) is 9.59 Å². The first kappa shape index (κ1) is 17.0. The van der Waals surface area contributed by atoms with Crippen LogP contribution >= 0.6 is 11.6 Å². The van der Waals surface area contributed by atoms with Crippen molar-refractivity contribution in [2.75, 3.05) is 13.7 Å². The zero-order valence-corrected chi connectivity index (χ0v) is 13.9. The first-order valence-corrected chi connectivity index (χ1v) is 7.82. The fourth-order valence-corrected chi connectivity index (χ4v) is 2.50. The molecule has 0 saturated heterocycles. The van der Waals surface area contributed by atoms with Gasteiger partial charge in [0.1, 0.15) is 18.1 Å². The van der Waals surface area contributed by atoms with Crippen LogP contribution in [0.1, 0.15) is 42.6 Å². The van der Waals surface area contributed by atoms with E-state index in [0.29, 0.717) is 28.5 Å². The van der Waals surface area contributed by atoms with E-state index in [4.69, 9.17) is 21.1 Å². The zero-order valence-electron chi connectivity index (χ0n) is 13.1. The lowest BCUT2D eigenvalue weighted by atomic mass is 9.97. The molecule has 2 rings (SSSR count). The number of methoxy groups -OCH3 is 1. The number of carbonyl (C=O) groups is 2. The molecule has 1 aromatic carbocycles.